The van der Waals surface area contributed by atoms with Crippen molar-refractivity contribution in [3.8, 4) is 0 Å². The van der Waals surface area contributed by atoms with Gasteiger partial charge in [0.15, 0.2) is 0 Å². The van der Waals surface area contributed by atoms with Gasteiger partial charge in [-0.05, 0) is 44.2 Å². The SMILES string of the molecule is CC1(N)CCN(c2ccnc(Nc3cnn(C4CCN(C(=O)OCc5ccccc5)CC4)c3)n2)CC1. The van der Waals surface area contributed by atoms with E-state index < -0.39 is 0 Å². The minimum Gasteiger partial charge on any atom is -0.445 e. The molecule has 2 fully saturated rings. The monoisotopic (exact) mass is 490 g/mol. The van der Waals surface area contributed by atoms with Crippen molar-refractivity contribution in [2.75, 3.05) is 36.4 Å². The van der Waals surface area contributed by atoms with Gasteiger partial charge in [-0.2, -0.15) is 10.1 Å². The number of piperidine rings is 2. The molecule has 3 aromatic rings. The zero-order valence-electron chi connectivity index (χ0n) is 20.7. The maximum Gasteiger partial charge on any atom is 0.410 e. The molecule has 36 heavy (non-hydrogen) atoms. The number of likely N-dealkylation sites (tertiary alicyclic amines) is 1. The van der Waals surface area contributed by atoms with Gasteiger partial charge in [-0.25, -0.2) is 9.78 Å². The third-order valence-corrected chi connectivity index (χ3v) is 7.03. The van der Waals surface area contributed by atoms with Gasteiger partial charge in [-0.3, -0.25) is 4.68 Å². The molecule has 0 saturated carbocycles. The van der Waals surface area contributed by atoms with Gasteiger partial charge in [0.05, 0.1) is 17.9 Å². The van der Waals surface area contributed by atoms with Crippen molar-refractivity contribution in [3.63, 3.8) is 0 Å². The first-order chi connectivity index (χ1) is 17.4. The summed E-state index contributed by atoms with van der Waals surface area (Å²) in [5.41, 5.74) is 7.99. The summed E-state index contributed by atoms with van der Waals surface area (Å²) in [4.78, 5) is 25.5. The van der Waals surface area contributed by atoms with Crippen molar-refractivity contribution in [2.24, 2.45) is 5.73 Å². The summed E-state index contributed by atoms with van der Waals surface area (Å²) >= 11 is 0. The molecule has 0 spiro atoms. The number of nitrogens with two attached hydrogens (primary N) is 1. The lowest BCUT2D eigenvalue weighted by molar-refractivity contribution is 0.0821. The Hall–Kier alpha value is -3.66. The molecule has 0 radical (unpaired) electrons. The molecule has 0 unspecified atom stereocenters. The molecule has 1 aromatic carbocycles. The van der Waals surface area contributed by atoms with E-state index >= 15 is 0 Å². The highest BCUT2D eigenvalue weighted by Gasteiger charge is 2.27. The topological polar surface area (TPSA) is 114 Å². The van der Waals surface area contributed by atoms with E-state index in [2.05, 4.69) is 27.2 Å². The molecule has 2 aromatic heterocycles. The van der Waals surface area contributed by atoms with Crippen LogP contribution in [0.1, 0.15) is 44.2 Å². The van der Waals surface area contributed by atoms with Crippen molar-refractivity contribution in [2.45, 2.75) is 50.8 Å². The number of aromatic nitrogens is 4. The molecule has 10 heteroatoms. The Labute approximate surface area is 211 Å². The lowest BCUT2D eigenvalue weighted by Gasteiger charge is -2.37. The van der Waals surface area contributed by atoms with Crippen LogP contribution in [0.15, 0.2) is 55.0 Å². The van der Waals surface area contributed by atoms with Crippen LogP contribution in [0.25, 0.3) is 0 Å². The van der Waals surface area contributed by atoms with Crippen molar-refractivity contribution < 1.29 is 9.53 Å². The molecule has 0 atom stereocenters. The van der Waals surface area contributed by atoms with Gasteiger partial charge in [0.25, 0.3) is 0 Å². The predicted octanol–water partition coefficient (Wildman–Crippen LogP) is 3.71. The van der Waals surface area contributed by atoms with Crippen molar-refractivity contribution >= 4 is 23.5 Å². The molecule has 2 aliphatic heterocycles. The number of rotatable bonds is 6. The van der Waals surface area contributed by atoms with E-state index in [9.17, 15) is 4.79 Å². The van der Waals surface area contributed by atoms with Gasteiger partial charge in [-0.1, -0.05) is 30.3 Å². The zero-order valence-corrected chi connectivity index (χ0v) is 20.7. The maximum absolute atomic E-state index is 12.4. The molecule has 0 bridgehead atoms. The van der Waals surface area contributed by atoms with Crippen molar-refractivity contribution in [3.05, 3.63) is 60.6 Å². The van der Waals surface area contributed by atoms with Gasteiger partial charge in [0, 0.05) is 44.1 Å². The average molecular weight is 491 g/mol. The lowest BCUT2D eigenvalue weighted by Crippen LogP contribution is -2.48. The number of nitrogens with one attached hydrogen (secondary N) is 1. The van der Waals surface area contributed by atoms with Crippen LogP contribution in [0.3, 0.4) is 0 Å². The number of amides is 1. The largest absolute Gasteiger partial charge is 0.445 e. The fourth-order valence-electron chi connectivity index (χ4n) is 4.69. The molecule has 0 aliphatic carbocycles. The van der Waals surface area contributed by atoms with Crippen LogP contribution >= 0.6 is 0 Å². The predicted molar refractivity (Wildman–Crippen MR) is 138 cm³/mol. The van der Waals surface area contributed by atoms with Gasteiger partial charge < -0.3 is 25.6 Å². The minimum atomic E-state index is -0.262. The second-order valence-corrected chi connectivity index (χ2v) is 9.97. The summed E-state index contributed by atoms with van der Waals surface area (Å²) in [5.74, 6) is 1.45. The fraction of sp³-hybridized carbons (Fsp3) is 0.462. The lowest BCUT2D eigenvalue weighted by atomic mass is 9.91. The molecule has 2 aliphatic rings. The number of carbonyl (C=O) groups is 1. The van der Waals surface area contributed by atoms with Crippen LogP contribution in [-0.4, -0.2) is 62.5 Å². The van der Waals surface area contributed by atoms with Crippen molar-refractivity contribution in [1.29, 1.82) is 0 Å². The second-order valence-electron chi connectivity index (χ2n) is 9.97. The second kappa shape index (κ2) is 10.5. The van der Waals surface area contributed by atoms with Gasteiger partial charge in [-0.15, -0.1) is 0 Å². The highest BCUT2D eigenvalue weighted by atomic mass is 16.6. The first-order valence-electron chi connectivity index (χ1n) is 12.6. The van der Waals surface area contributed by atoms with Crippen molar-refractivity contribution in [1.82, 2.24) is 24.6 Å². The average Bonchev–Trinajstić information content (AvgIpc) is 3.36. The summed E-state index contributed by atoms with van der Waals surface area (Å²) in [5, 5.41) is 7.83. The Morgan fingerprint density at radius 3 is 2.64 bits per heavy atom. The molecule has 5 rings (SSSR count). The van der Waals surface area contributed by atoms with Gasteiger partial charge in [0.1, 0.15) is 12.4 Å². The summed E-state index contributed by atoms with van der Waals surface area (Å²) in [6, 6.07) is 11.9. The van der Waals surface area contributed by atoms with Crippen LogP contribution in [0.5, 0.6) is 0 Å². The third-order valence-electron chi connectivity index (χ3n) is 7.03. The quantitative estimate of drug-likeness (QED) is 0.538. The molecular formula is C26H34N8O2. The maximum atomic E-state index is 12.4. The van der Waals surface area contributed by atoms with Crippen LogP contribution in [0.4, 0.5) is 22.2 Å². The standard InChI is InChI=1S/C26H34N8O2/c1-26(27)10-15-32(16-11-26)23-7-12-28-24(31-23)30-21-17-29-34(18-21)22-8-13-33(14-9-22)25(35)36-19-20-5-3-2-4-6-20/h2-7,12,17-18,22H,8-11,13-16,19,27H2,1H3,(H,28,30,31). The Bertz CT molecular complexity index is 1150. The highest BCUT2D eigenvalue weighted by Crippen LogP contribution is 2.26. The minimum absolute atomic E-state index is 0.0994. The first kappa shape index (κ1) is 24.1. The van der Waals surface area contributed by atoms with E-state index in [0.717, 1.165) is 55.8 Å². The third kappa shape index (κ3) is 5.93. The summed E-state index contributed by atoms with van der Waals surface area (Å²) in [7, 11) is 0. The van der Waals surface area contributed by atoms with Crippen LogP contribution in [0.2, 0.25) is 0 Å². The van der Waals surface area contributed by atoms with E-state index in [0.29, 0.717) is 25.6 Å². The summed E-state index contributed by atoms with van der Waals surface area (Å²) < 4.78 is 7.44. The van der Waals surface area contributed by atoms with E-state index in [4.69, 9.17) is 15.5 Å². The molecule has 1 amide bonds. The van der Waals surface area contributed by atoms with E-state index in [-0.39, 0.29) is 17.7 Å². The number of ether oxygens (including phenoxy) is 1. The normalized spacial score (nSPS) is 18.2. The Morgan fingerprint density at radius 1 is 1.14 bits per heavy atom. The first-order valence-corrected chi connectivity index (χ1v) is 12.6. The fourth-order valence-corrected chi connectivity index (χ4v) is 4.69. The number of hydrogen-bond acceptors (Lipinski definition) is 8. The molecule has 190 valence electrons. The molecule has 4 heterocycles. The summed E-state index contributed by atoms with van der Waals surface area (Å²) in [6.07, 6.45) is 8.80. The van der Waals surface area contributed by atoms with E-state index in [1.807, 2.05) is 47.3 Å². The van der Waals surface area contributed by atoms with E-state index in [1.54, 1.807) is 17.3 Å². The van der Waals surface area contributed by atoms with Crippen LogP contribution in [0, 0.1) is 0 Å². The summed E-state index contributed by atoms with van der Waals surface area (Å²) in [6.45, 7) is 5.46. The zero-order chi connectivity index (χ0) is 25.0. The smallest absolute Gasteiger partial charge is 0.410 e. The molecule has 3 N–H and O–H groups in total. The number of hydrogen-bond donors (Lipinski definition) is 2. The molecule has 2 saturated heterocycles. The van der Waals surface area contributed by atoms with Crippen LogP contribution in [-0.2, 0) is 11.3 Å². The molecular weight excluding hydrogens is 456 g/mol. The highest BCUT2D eigenvalue weighted by molar-refractivity contribution is 5.67. The Morgan fingerprint density at radius 2 is 1.89 bits per heavy atom. The Kier molecular flexibility index (Phi) is 7.04. The van der Waals surface area contributed by atoms with Gasteiger partial charge in [0.2, 0.25) is 5.95 Å². The van der Waals surface area contributed by atoms with Crippen LogP contribution < -0.4 is 16.0 Å². The number of carbonyl (C=O) groups excluding carboxylic acids is 1. The molecule has 10 nitrogen and oxygen atoms in total. The number of benzene rings is 1. The van der Waals surface area contributed by atoms with E-state index in [1.165, 1.54) is 0 Å². The number of nitrogens with zero attached hydrogens (tertiary/aromatic N) is 6. The Balaban J connectivity index is 1.12. The number of anilines is 3. The van der Waals surface area contributed by atoms with Gasteiger partial charge >= 0.3 is 6.09 Å².